The van der Waals surface area contributed by atoms with Gasteiger partial charge >= 0.3 is 7.69 Å². The average molecular weight is 975 g/mol. The molecule has 0 amide bonds. The van der Waals surface area contributed by atoms with Gasteiger partial charge in [0.05, 0.1) is 0 Å². The van der Waals surface area contributed by atoms with E-state index in [4.69, 9.17) is 13.9 Å². The summed E-state index contributed by atoms with van der Waals surface area (Å²) in [5.41, 5.74) is 6.10. The number of hydrogen-bond donors (Lipinski definition) is 1. The monoisotopic (exact) mass is 971 g/mol. The largest absolute Gasteiger partial charge is 0.569 e. The summed E-state index contributed by atoms with van der Waals surface area (Å²) in [7, 11) is 0.655. The van der Waals surface area contributed by atoms with E-state index in [1.54, 1.807) is 12.1 Å². The second-order valence-corrected chi connectivity index (χ2v) is 14.9. The van der Waals surface area contributed by atoms with Crippen molar-refractivity contribution in [2.75, 3.05) is 0 Å². The van der Waals surface area contributed by atoms with Crippen LogP contribution in [0.5, 0.6) is 5.75 Å². The SMILES string of the molecule is Brc1ccc2oc3ccc(I)cc3c2c1.Brc1cccc(-c2ccc3oc4ccc(Br)cc4c3c2)c1.O[B]Oc1cccc(Br)c1. The van der Waals surface area contributed by atoms with Crippen LogP contribution in [0, 0.1) is 3.57 Å². The highest BCUT2D eigenvalue weighted by atomic mass is 127. The molecule has 2 aromatic heterocycles. The van der Waals surface area contributed by atoms with Crippen LogP contribution in [0.15, 0.2) is 148 Å². The summed E-state index contributed by atoms with van der Waals surface area (Å²) < 4.78 is 21.7. The molecule has 0 fully saturated rings. The molecule has 0 saturated carbocycles. The first-order chi connectivity index (χ1) is 22.3. The van der Waals surface area contributed by atoms with Crippen molar-refractivity contribution >= 4 is 138 Å². The topological polar surface area (TPSA) is 55.7 Å². The summed E-state index contributed by atoms with van der Waals surface area (Å²) in [5, 5.41) is 12.9. The minimum Gasteiger partial charge on any atom is -0.537 e. The number of rotatable bonds is 3. The molecule has 4 nitrogen and oxygen atoms in total. The molecule has 1 radical (unpaired) electrons. The van der Waals surface area contributed by atoms with E-state index < -0.39 is 0 Å². The molecule has 6 aromatic carbocycles. The van der Waals surface area contributed by atoms with Gasteiger partial charge in [-0.3, -0.25) is 0 Å². The van der Waals surface area contributed by atoms with Crippen LogP contribution < -0.4 is 4.65 Å². The first-order valence-corrected chi connectivity index (χ1v) is 18.1. The molecule has 0 bridgehead atoms. The minimum absolute atomic E-state index is 0.608. The Morgan fingerprint density at radius 3 is 1.57 bits per heavy atom. The summed E-state index contributed by atoms with van der Waals surface area (Å²) in [4.78, 5) is 0. The van der Waals surface area contributed by atoms with E-state index in [2.05, 4.69) is 139 Å². The van der Waals surface area contributed by atoms with Crippen LogP contribution in [0.2, 0.25) is 0 Å². The van der Waals surface area contributed by atoms with E-state index in [0.717, 1.165) is 56.4 Å². The van der Waals surface area contributed by atoms with Crippen LogP contribution in [0.4, 0.5) is 0 Å². The number of furan rings is 2. The van der Waals surface area contributed by atoms with Crippen molar-refractivity contribution in [3.63, 3.8) is 0 Å². The maximum Gasteiger partial charge on any atom is 0.569 e. The van der Waals surface area contributed by atoms with Gasteiger partial charge in [0, 0.05) is 43.0 Å². The summed E-state index contributed by atoms with van der Waals surface area (Å²) in [5.74, 6) is 0.608. The summed E-state index contributed by atoms with van der Waals surface area (Å²) in [6, 6.07) is 40.3. The number of fused-ring (bicyclic) bond motifs is 6. The molecular weight excluding hydrogens is 954 g/mol. The van der Waals surface area contributed by atoms with Gasteiger partial charge in [-0.25, -0.2) is 0 Å². The zero-order valence-corrected chi connectivity index (χ0v) is 32.2. The van der Waals surface area contributed by atoms with E-state index in [-0.39, 0.29) is 0 Å². The van der Waals surface area contributed by atoms with E-state index >= 15 is 0 Å². The fourth-order valence-corrected chi connectivity index (χ4v) is 6.91. The maximum atomic E-state index is 8.25. The Labute approximate surface area is 313 Å². The summed E-state index contributed by atoms with van der Waals surface area (Å²) in [6.07, 6.45) is 0. The van der Waals surface area contributed by atoms with Gasteiger partial charge in [-0.1, -0.05) is 88.0 Å². The van der Waals surface area contributed by atoms with Gasteiger partial charge in [0.1, 0.15) is 28.1 Å². The Kier molecular flexibility index (Phi) is 10.9. The van der Waals surface area contributed by atoms with Crippen molar-refractivity contribution in [3.05, 3.63) is 143 Å². The van der Waals surface area contributed by atoms with Crippen LogP contribution in [-0.4, -0.2) is 12.7 Å². The lowest BCUT2D eigenvalue weighted by Crippen LogP contribution is -1.98. The van der Waals surface area contributed by atoms with E-state index in [9.17, 15) is 0 Å². The molecule has 0 aliphatic heterocycles. The fraction of sp³-hybridized carbons (Fsp3) is 0. The molecule has 2 heterocycles. The Hall–Kier alpha value is -2.61. The molecule has 0 aliphatic rings. The lowest BCUT2D eigenvalue weighted by atomic mass is 10.0. The highest BCUT2D eigenvalue weighted by molar-refractivity contribution is 14.1. The molecule has 0 spiro atoms. The maximum absolute atomic E-state index is 8.25. The quantitative estimate of drug-likeness (QED) is 0.142. The summed E-state index contributed by atoms with van der Waals surface area (Å²) >= 11 is 16.1. The van der Waals surface area contributed by atoms with Crippen molar-refractivity contribution in [2.45, 2.75) is 0 Å². The highest BCUT2D eigenvalue weighted by Crippen LogP contribution is 2.35. The van der Waals surface area contributed by atoms with Gasteiger partial charge in [-0.05, 0) is 131 Å². The second kappa shape index (κ2) is 15.1. The van der Waals surface area contributed by atoms with Gasteiger partial charge in [0.15, 0.2) is 0 Å². The zero-order valence-electron chi connectivity index (χ0n) is 23.7. The Balaban J connectivity index is 0.000000130. The zero-order chi connectivity index (χ0) is 32.2. The standard InChI is InChI=1S/C18H10Br2O.C12H6BrIO.C6H5BBrO2/c19-13-3-1-2-11(8-13)12-4-6-17-15(9-12)16-10-14(20)5-7-18(16)21-17;13-7-1-3-11-9(5-7)10-6-8(14)2-4-12(10)15-11;8-5-2-1-3-6(4-5)10-7-9/h1-10H;1-6H;1-4,9H. The van der Waals surface area contributed by atoms with E-state index in [0.29, 0.717) is 13.4 Å². The molecule has 0 atom stereocenters. The molecular formula is C36H21BBr4IO4. The van der Waals surface area contributed by atoms with Crippen molar-refractivity contribution in [1.29, 1.82) is 0 Å². The second-order valence-electron chi connectivity index (χ2n) is 10.0. The normalized spacial score (nSPS) is 10.8. The Bertz CT molecular complexity index is 2260. The van der Waals surface area contributed by atoms with Gasteiger partial charge in [-0.15, -0.1) is 0 Å². The minimum atomic E-state index is 0.608. The van der Waals surface area contributed by atoms with Crippen LogP contribution >= 0.6 is 86.3 Å². The molecule has 1 N–H and O–H groups in total. The first kappa shape index (κ1) is 33.3. The first-order valence-electron chi connectivity index (χ1n) is 13.8. The molecule has 0 saturated heterocycles. The third kappa shape index (κ3) is 7.91. The Morgan fingerprint density at radius 2 is 0.978 bits per heavy atom. The number of hydrogen-bond acceptors (Lipinski definition) is 4. The average Bonchev–Trinajstić information content (AvgIpc) is 3.59. The van der Waals surface area contributed by atoms with Crippen molar-refractivity contribution in [1.82, 2.24) is 0 Å². The number of benzene rings is 6. The summed E-state index contributed by atoms with van der Waals surface area (Å²) in [6.45, 7) is 0. The van der Waals surface area contributed by atoms with Crippen molar-refractivity contribution in [2.24, 2.45) is 0 Å². The van der Waals surface area contributed by atoms with Crippen LogP contribution in [-0.2, 0) is 0 Å². The lowest BCUT2D eigenvalue weighted by molar-refractivity contribution is 0.453. The number of halogens is 5. The molecule has 10 heteroatoms. The molecule has 227 valence electrons. The Morgan fingerprint density at radius 1 is 0.500 bits per heavy atom. The molecule has 0 aliphatic carbocycles. The fourth-order valence-electron chi connectivity index (χ4n) is 4.92. The molecule has 46 heavy (non-hydrogen) atoms. The highest BCUT2D eigenvalue weighted by Gasteiger charge is 2.09. The van der Waals surface area contributed by atoms with E-state index in [1.807, 2.05) is 60.7 Å². The third-order valence-corrected chi connectivity index (χ3v) is 9.61. The molecule has 8 aromatic rings. The molecule has 8 rings (SSSR count). The van der Waals surface area contributed by atoms with Gasteiger partial charge in [0.2, 0.25) is 0 Å². The predicted molar refractivity (Wildman–Crippen MR) is 211 cm³/mol. The molecule has 0 unspecified atom stereocenters. The lowest BCUT2D eigenvalue weighted by Gasteiger charge is -2.02. The third-order valence-electron chi connectivity index (χ3n) is 6.97. The van der Waals surface area contributed by atoms with Crippen LogP contribution in [0.25, 0.3) is 55.0 Å². The van der Waals surface area contributed by atoms with Gasteiger partial charge < -0.3 is 18.5 Å². The smallest absolute Gasteiger partial charge is 0.537 e. The van der Waals surface area contributed by atoms with Gasteiger partial charge in [-0.2, -0.15) is 0 Å². The van der Waals surface area contributed by atoms with Crippen molar-refractivity contribution in [3.8, 4) is 16.9 Å². The van der Waals surface area contributed by atoms with Gasteiger partial charge in [0.25, 0.3) is 0 Å². The van der Waals surface area contributed by atoms with E-state index in [1.165, 1.54) is 20.1 Å². The van der Waals surface area contributed by atoms with Crippen LogP contribution in [0.1, 0.15) is 0 Å². The van der Waals surface area contributed by atoms with Crippen molar-refractivity contribution < 1.29 is 18.5 Å². The van der Waals surface area contributed by atoms with Crippen LogP contribution in [0.3, 0.4) is 0 Å². The predicted octanol–water partition coefficient (Wildman–Crippen LogP) is 13.1.